The van der Waals surface area contributed by atoms with Gasteiger partial charge in [0.15, 0.2) is 0 Å². The molecule has 0 saturated heterocycles. The fourth-order valence-corrected chi connectivity index (χ4v) is 1.87. The number of benzene rings is 1. The average Bonchev–Trinajstić information content (AvgIpc) is 2.06. The highest BCUT2D eigenvalue weighted by atomic mass is 79.9. The van der Waals surface area contributed by atoms with Crippen LogP contribution in [-0.2, 0) is 11.2 Å². The fourth-order valence-electron chi connectivity index (χ4n) is 1.44. The Morgan fingerprint density at radius 3 is 2.60 bits per heavy atom. The molecule has 15 heavy (non-hydrogen) atoms. The third-order valence-electron chi connectivity index (χ3n) is 2.06. The smallest absolute Gasteiger partial charge is 0.306 e. The van der Waals surface area contributed by atoms with E-state index in [1.54, 1.807) is 0 Å². The molecule has 82 valence electrons. The first kappa shape index (κ1) is 12.2. The number of hydrogen-bond acceptors (Lipinski definition) is 2. The molecule has 0 heterocycles. The lowest BCUT2D eigenvalue weighted by atomic mass is 9.93. The van der Waals surface area contributed by atoms with Crippen molar-refractivity contribution < 1.29 is 15.0 Å². The van der Waals surface area contributed by atoms with E-state index in [2.05, 4.69) is 15.9 Å². The van der Waals surface area contributed by atoms with Crippen molar-refractivity contribution in [3.63, 3.8) is 0 Å². The van der Waals surface area contributed by atoms with Gasteiger partial charge in [0.05, 0.1) is 12.0 Å². The third kappa shape index (κ3) is 4.01. The molecule has 3 nitrogen and oxygen atoms in total. The first-order valence-electron chi connectivity index (χ1n) is 4.58. The van der Waals surface area contributed by atoms with E-state index in [9.17, 15) is 9.90 Å². The van der Waals surface area contributed by atoms with Gasteiger partial charge >= 0.3 is 5.97 Å². The molecule has 0 amide bonds. The van der Waals surface area contributed by atoms with Crippen LogP contribution >= 0.6 is 15.9 Å². The Morgan fingerprint density at radius 1 is 1.47 bits per heavy atom. The van der Waals surface area contributed by atoms with Crippen LogP contribution in [-0.4, -0.2) is 21.8 Å². The molecule has 0 aliphatic heterocycles. The summed E-state index contributed by atoms with van der Waals surface area (Å²) in [4.78, 5) is 10.5. The molecule has 1 unspecified atom stereocenters. The van der Waals surface area contributed by atoms with Gasteiger partial charge in [0.1, 0.15) is 0 Å². The molecule has 0 bridgehead atoms. The lowest BCUT2D eigenvalue weighted by molar-refractivity contribution is -0.141. The lowest BCUT2D eigenvalue weighted by Crippen LogP contribution is -2.30. The highest BCUT2D eigenvalue weighted by Crippen LogP contribution is 2.23. The molecule has 0 saturated carbocycles. The van der Waals surface area contributed by atoms with Gasteiger partial charge in [-0.25, -0.2) is 0 Å². The summed E-state index contributed by atoms with van der Waals surface area (Å²) in [6.07, 6.45) is 0.0645. The van der Waals surface area contributed by atoms with Crippen molar-refractivity contribution in [2.45, 2.75) is 25.4 Å². The van der Waals surface area contributed by atoms with Crippen LogP contribution in [0.1, 0.15) is 18.9 Å². The number of halogens is 1. The third-order valence-corrected chi connectivity index (χ3v) is 2.83. The first-order valence-corrected chi connectivity index (χ1v) is 5.37. The number of hydrogen-bond donors (Lipinski definition) is 2. The van der Waals surface area contributed by atoms with Crippen molar-refractivity contribution >= 4 is 21.9 Å². The summed E-state index contributed by atoms with van der Waals surface area (Å²) in [5, 5.41) is 18.5. The van der Waals surface area contributed by atoms with Crippen LogP contribution in [0.15, 0.2) is 28.7 Å². The second-order valence-electron chi connectivity index (χ2n) is 3.84. The van der Waals surface area contributed by atoms with Crippen molar-refractivity contribution in [1.82, 2.24) is 0 Å². The monoisotopic (exact) mass is 272 g/mol. The molecule has 0 aliphatic rings. The standard InChI is InChI=1S/C11H13BrO3/c1-11(15,7-10(13)14)6-8-4-2-3-5-9(8)12/h2-5,15H,6-7H2,1H3,(H,13,14). The number of aliphatic carboxylic acids is 1. The van der Waals surface area contributed by atoms with Crippen LogP contribution in [0.2, 0.25) is 0 Å². The topological polar surface area (TPSA) is 57.5 Å². The van der Waals surface area contributed by atoms with Crippen LogP contribution in [0.4, 0.5) is 0 Å². The van der Waals surface area contributed by atoms with Crippen LogP contribution in [0, 0.1) is 0 Å². The second kappa shape index (κ2) is 4.77. The Morgan fingerprint density at radius 2 is 2.07 bits per heavy atom. The molecule has 2 N–H and O–H groups in total. The number of carboxylic acid groups (broad SMARTS) is 1. The molecule has 1 rings (SSSR count). The highest BCUT2D eigenvalue weighted by molar-refractivity contribution is 9.10. The van der Waals surface area contributed by atoms with Crippen molar-refractivity contribution in [3.05, 3.63) is 34.3 Å². The average molecular weight is 273 g/mol. The number of aliphatic hydroxyl groups is 1. The molecule has 0 fully saturated rings. The molecular formula is C11H13BrO3. The van der Waals surface area contributed by atoms with Gasteiger partial charge in [0, 0.05) is 10.9 Å². The van der Waals surface area contributed by atoms with Gasteiger partial charge in [-0.2, -0.15) is 0 Å². The van der Waals surface area contributed by atoms with Gasteiger partial charge in [0.25, 0.3) is 0 Å². The molecule has 1 aromatic carbocycles. The minimum absolute atomic E-state index is 0.256. The number of carboxylic acids is 1. The summed E-state index contributed by atoms with van der Waals surface area (Å²) in [7, 11) is 0. The summed E-state index contributed by atoms with van der Waals surface area (Å²) in [5.74, 6) is -0.993. The summed E-state index contributed by atoms with van der Waals surface area (Å²) in [5.41, 5.74) is -0.306. The van der Waals surface area contributed by atoms with E-state index in [0.29, 0.717) is 6.42 Å². The summed E-state index contributed by atoms with van der Waals surface area (Å²) in [6, 6.07) is 7.46. The van der Waals surface area contributed by atoms with Crippen LogP contribution in [0.25, 0.3) is 0 Å². The zero-order valence-corrected chi connectivity index (χ0v) is 9.99. The van der Waals surface area contributed by atoms with Gasteiger partial charge < -0.3 is 10.2 Å². The Bertz CT molecular complexity index is 361. The molecule has 0 radical (unpaired) electrons. The van der Waals surface area contributed by atoms with E-state index in [-0.39, 0.29) is 6.42 Å². The van der Waals surface area contributed by atoms with Crippen molar-refractivity contribution in [2.24, 2.45) is 0 Å². The number of rotatable bonds is 4. The van der Waals surface area contributed by atoms with E-state index < -0.39 is 11.6 Å². The zero-order chi connectivity index (χ0) is 11.5. The van der Waals surface area contributed by atoms with Gasteiger partial charge in [-0.05, 0) is 18.6 Å². The normalized spacial score (nSPS) is 14.6. The van der Waals surface area contributed by atoms with E-state index in [4.69, 9.17) is 5.11 Å². The Kier molecular flexibility index (Phi) is 3.88. The Hall–Kier alpha value is -0.870. The predicted octanol–water partition coefficient (Wildman–Crippen LogP) is 2.22. The van der Waals surface area contributed by atoms with E-state index in [1.807, 2.05) is 24.3 Å². The van der Waals surface area contributed by atoms with E-state index in [0.717, 1.165) is 10.0 Å². The summed E-state index contributed by atoms with van der Waals surface area (Å²) < 4.78 is 0.885. The molecule has 0 spiro atoms. The lowest BCUT2D eigenvalue weighted by Gasteiger charge is -2.21. The predicted molar refractivity (Wildman–Crippen MR) is 60.7 cm³/mol. The Balaban J connectivity index is 2.77. The molecule has 0 aromatic heterocycles. The quantitative estimate of drug-likeness (QED) is 0.884. The fraction of sp³-hybridized carbons (Fsp3) is 0.364. The molecule has 1 aromatic rings. The van der Waals surface area contributed by atoms with Gasteiger partial charge in [-0.15, -0.1) is 0 Å². The summed E-state index contributed by atoms with van der Waals surface area (Å²) >= 11 is 3.36. The molecule has 4 heteroatoms. The summed E-state index contributed by atoms with van der Waals surface area (Å²) in [6.45, 7) is 1.53. The highest BCUT2D eigenvalue weighted by Gasteiger charge is 2.25. The maximum atomic E-state index is 10.5. The maximum absolute atomic E-state index is 10.5. The van der Waals surface area contributed by atoms with Crippen molar-refractivity contribution in [3.8, 4) is 0 Å². The minimum Gasteiger partial charge on any atom is -0.481 e. The van der Waals surface area contributed by atoms with Gasteiger partial charge in [-0.3, -0.25) is 4.79 Å². The van der Waals surface area contributed by atoms with Gasteiger partial charge in [0.2, 0.25) is 0 Å². The van der Waals surface area contributed by atoms with Crippen LogP contribution in [0.3, 0.4) is 0 Å². The minimum atomic E-state index is -1.21. The zero-order valence-electron chi connectivity index (χ0n) is 8.40. The molecule has 1 atom stereocenters. The first-order chi connectivity index (χ1) is 6.91. The number of carbonyl (C=O) groups is 1. The van der Waals surface area contributed by atoms with Crippen LogP contribution < -0.4 is 0 Å². The van der Waals surface area contributed by atoms with Crippen molar-refractivity contribution in [1.29, 1.82) is 0 Å². The second-order valence-corrected chi connectivity index (χ2v) is 4.69. The molecular weight excluding hydrogens is 260 g/mol. The Labute approximate surface area is 96.9 Å². The van der Waals surface area contributed by atoms with Gasteiger partial charge in [-0.1, -0.05) is 34.1 Å². The van der Waals surface area contributed by atoms with E-state index in [1.165, 1.54) is 6.92 Å². The van der Waals surface area contributed by atoms with Crippen LogP contribution in [0.5, 0.6) is 0 Å². The van der Waals surface area contributed by atoms with Crippen molar-refractivity contribution in [2.75, 3.05) is 0 Å². The maximum Gasteiger partial charge on any atom is 0.306 e. The largest absolute Gasteiger partial charge is 0.481 e. The molecule has 0 aliphatic carbocycles. The van der Waals surface area contributed by atoms with E-state index >= 15 is 0 Å². The SMILES string of the molecule is CC(O)(CC(=O)O)Cc1ccccc1Br.